The maximum atomic E-state index is 12.2. The number of likely N-dealkylation sites (N-methyl/N-ethyl adjacent to an activating group) is 1. The predicted octanol–water partition coefficient (Wildman–Crippen LogP) is 1.01. The van der Waals surface area contributed by atoms with E-state index >= 15 is 0 Å². The van der Waals surface area contributed by atoms with Crippen LogP contribution in [0.1, 0.15) is 6.92 Å². The van der Waals surface area contributed by atoms with Crippen molar-refractivity contribution in [2.75, 3.05) is 27.8 Å². The lowest BCUT2D eigenvalue weighted by Gasteiger charge is -2.14. The monoisotopic (exact) mass is 324 g/mol. The minimum Gasteiger partial charge on any atom is -0.497 e. The molecule has 116 valence electrons. The Kier molecular flexibility index (Phi) is 7.88. The van der Waals surface area contributed by atoms with Crippen LogP contribution >= 0.6 is 12.4 Å². The third-order valence-corrected chi connectivity index (χ3v) is 4.18. The molecule has 1 rings (SSSR count). The highest BCUT2D eigenvalue weighted by atomic mass is 35.5. The molecule has 0 spiro atoms. The number of hydrogen-bond donors (Lipinski definition) is 2. The van der Waals surface area contributed by atoms with Crippen LogP contribution in [0.4, 0.5) is 0 Å². The molecule has 1 aromatic carbocycles. The van der Waals surface area contributed by atoms with Crippen molar-refractivity contribution in [2.45, 2.75) is 17.9 Å². The number of ether oxygens (including phenoxy) is 2. The van der Waals surface area contributed by atoms with Gasteiger partial charge in [-0.1, -0.05) is 0 Å². The van der Waals surface area contributed by atoms with Gasteiger partial charge in [0.1, 0.15) is 16.4 Å². The average Bonchev–Trinajstić information content (AvgIpc) is 2.43. The molecule has 20 heavy (non-hydrogen) atoms. The van der Waals surface area contributed by atoms with E-state index in [-0.39, 0.29) is 29.1 Å². The zero-order chi connectivity index (χ0) is 14.5. The van der Waals surface area contributed by atoms with Gasteiger partial charge in [-0.2, -0.15) is 0 Å². The smallest absolute Gasteiger partial charge is 0.244 e. The molecular formula is C12H21ClN2O4S. The van der Waals surface area contributed by atoms with Crippen LogP contribution in [0.15, 0.2) is 23.1 Å². The standard InChI is InChI=1S/C12H20N2O4S.ClH/c1-9(13-2)8-14-19(15,16)12-7-10(17-3)5-6-11(12)18-4;/h5-7,9,13-14H,8H2,1-4H3;1H. The van der Waals surface area contributed by atoms with E-state index in [1.807, 2.05) is 6.92 Å². The van der Waals surface area contributed by atoms with E-state index in [2.05, 4.69) is 10.0 Å². The molecule has 0 amide bonds. The Morgan fingerprint density at radius 1 is 1.25 bits per heavy atom. The average molecular weight is 325 g/mol. The number of halogens is 1. The van der Waals surface area contributed by atoms with Gasteiger partial charge < -0.3 is 14.8 Å². The Bertz CT molecular complexity index is 522. The Balaban J connectivity index is 0.00000361. The van der Waals surface area contributed by atoms with Crippen LogP contribution < -0.4 is 19.5 Å². The molecule has 0 bridgehead atoms. The Labute approximate surface area is 126 Å². The number of rotatable bonds is 7. The van der Waals surface area contributed by atoms with Crippen LogP contribution in [0.5, 0.6) is 11.5 Å². The van der Waals surface area contributed by atoms with Gasteiger partial charge in [0.15, 0.2) is 0 Å². The van der Waals surface area contributed by atoms with Gasteiger partial charge in [-0.05, 0) is 26.1 Å². The summed E-state index contributed by atoms with van der Waals surface area (Å²) < 4.78 is 37.1. The van der Waals surface area contributed by atoms with Crippen LogP contribution in [0.2, 0.25) is 0 Å². The number of sulfonamides is 1. The van der Waals surface area contributed by atoms with E-state index in [0.717, 1.165) is 0 Å². The molecule has 0 radical (unpaired) electrons. The Morgan fingerprint density at radius 3 is 2.40 bits per heavy atom. The van der Waals surface area contributed by atoms with E-state index in [1.54, 1.807) is 19.2 Å². The van der Waals surface area contributed by atoms with Crippen LogP contribution in [0.3, 0.4) is 0 Å². The second-order valence-corrected chi connectivity index (χ2v) is 5.79. The zero-order valence-electron chi connectivity index (χ0n) is 12.0. The number of benzene rings is 1. The first-order valence-corrected chi connectivity index (χ1v) is 7.32. The molecule has 0 saturated heterocycles. The summed E-state index contributed by atoms with van der Waals surface area (Å²) in [6.45, 7) is 2.17. The molecule has 0 aromatic heterocycles. The van der Waals surface area contributed by atoms with Crippen molar-refractivity contribution in [3.05, 3.63) is 18.2 Å². The van der Waals surface area contributed by atoms with Crippen molar-refractivity contribution in [2.24, 2.45) is 0 Å². The van der Waals surface area contributed by atoms with E-state index in [1.165, 1.54) is 20.3 Å². The molecule has 1 unspecified atom stereocenters. The predicted molar refractivity (Wildman–Crippen MR) is 80.5 cm³/mol. The highest BCUT2D eigenvalue weighted by molar-refractivity contribution is 7.89. The van der Waals surface area contributed by atoms with Crippen LogP contribution in [0, 0.1) is 0 Å². The second kappa shape index (κ2) is 8.31. The summed E-state index contributed by atoms with van der Waals surface area (Å²) in [5.41, 5.74) is 0. The van der Waals surface area contributed by atoms with Gasteiger partial charge >= 0.3 is 0 Å². The summed E-state index contributed by atoms with van der Waals surface area (Å²) in [5, 5.41) is 2.96. The van der Waals surface area contributed by atoms with Gasteiger partial charge in [-0.15, -0.1) is 12.4 Å². The minimum absolute atomic E-state index is 0. The molecule has 6 nitrogen and oxygen atoms in total. The summed E-state index contributed by atoms with van der Waals surface area (Å²) in [5.74, 6) is 0.744. The fourth-order valence-electron chi connectivity index (χ4n) is 1.41. The number of hydrogen-bond acceptors (Lipinski definition) is 5. The Hall–Kier alpha value is -1.02. The molecule has 1 atom stereocenters. The largest absolute Gasteiger partial charge is 0.497 e. The summed E-state index contributed by atoms with van der Waals surface area (Å²) in [7, 11) is 1.04. The molecule has 8 heteroatoms. The van der Waals surface area contributed by atoms with Crippen molar-refractivity contribution in [3.63, 3.8) is 0 Å². The lowest BCUT2D eigenvalue weighted by atomic mass is 10.3. The summed E-state index contributed by atoms with van der Waals surface area (Å²) in [6.07, 6.45) is 0. The number of nitrogens with one attached hydrogen (secondary N) is 2. The summed E-state index contributed by atoms with van der Waals surface area (Å²) in [6, 6.07) is 4.68. The van der Waals surface area contributed by atoms with Gasteiger partial charge in [0.25, 0.3) is 0 Å². The van der Waals surface area contributed by atoms with Gasteiger partial charge in [-0.3, -0.25) is 0 Å². The molecule has 0 saturated carbocycles. The molecule has 1 aromatic rings. The first kappa shape index (κ1) is 19.0. The normalized spacial score (nSPS) is 12.4. The maximum absolute atomic E-state index is 12.2. The highest BCUT2D eigenvalue weighted by Crippen LogP contribution is 2.27. The van der Waals surface area contributed by atoms with Crippen molar-refractivity contribution < 1.29 is 17.9 Å². The summed E-state index contributed by atoms with van der Waals surface area (Å²) in [4.78, 5) is 0.0673. The molecule has 2 N–H and O–H groups in total. The van der Waals surface area contributed by atoms with Crippen molar-refractivity contribution in [3.8, 4) is 11.5 Å². The molecule has 0 aliphatic rings. The van der Waals surface area contributed by atoms with E-state index in [0.29, 0.717) is 12.3 Å². The quantitative estimate of drug-likeness (QED) is 0.783. The topological polar surface area (TPSA) is 76.7 Å². The fourth-order valence-corrected chi connectivity index (χ4v) is 2.72. The Morgan fingerprint density at radius 2 is 1.90 bits per heavy atom. The maximum Gasteiger partial charge on any atom is 0.244 e. The van der Waals surface area contributed by atoms with E-state index in [9.17, 15) is 8.42 Å². The molecule has 0 heterocycles. The molecule has 0 aliphatic carbocycles. The van der Waals surface area contributed by atoms with Crippen LogP contribution in [-0.2, 0) is 10.0 Å². The van der Waals surface area contributed by atoms with Gasteiger partial charge in [0.05, 0.1) is 14.2 Å². The molecular weight excluding hydrogens is 304 g/mol. The van der Waals surface area contributed by atoms with Gasteiger partial charge in [0.2, 0.25) is 10.0 Å². The van der Waals surface area contributed by atoms with Gasteiger partial charge in [0, 0.05) is 18.7 Å². The van der Waals surface area contributed by atoms with Crippen molar-refractivity contribution >= 4 is 22.4 Å². The second-order valence-electron chi connectivity index (χ2n) is 4.06. The van der Waals surface area contributed by atoms with E-state index < -0.39 is 10.0 Å². The van der Waals surface area contributed by atoms with Crippen LogP contribution in [0.25, 0.3) is 0 Å². The van der Waals surface area contributed by atoms with Crippen LogP contribution in [-0.4, -0.2) is 42.3 Å². The summed E-state index contributed by atoms with van der Waals surface area (Å²) >= 11 is 0. The highest BCUT2D eigenvalue weighted by Gasteiger charge is 2.20. The lowest BCUT2D eigenvalue weighted by Crippen LogP contribution is -2.37. The number of methoxy groups -OCH3 is 2. The third kappa shape index (κ3) is 4.82. The third-order valence-electron chi connectivity index (χ3n) is 2.73. The molecule has 0 aliphatic heterocycles. The first-order valence-electron chi connectivity index (χ1n) is 5.83. The van der Waals surface area contributed by atoms with Crippen molar-refractivity contribution in [1.82, 2.24) is 10.0 Å². The lowest BCUT2D eigenvalue weighted by molar-refractivity contribution is 0.392. The molecule has 0 fully saturated rings. The zero-order valence-corrected chi connectivity index (χ0v) is 13.6. The first-order chi connectivity index (χ1) is 8.94. The van der Waals surface area contributed by atoms with E-state index in [4.69, 9.17) is 9.47 Å². The van der Waals surface area contributed by atoms with Gasteiger partial charge in [-0.25, -0.2) is 13.1 Å². The SMILES string of the molecule is CNC(C)CNS(=O)(=O)c1cc(OC)ccc1OC.Cl. The fraction of sp³-hybridized carbons (Fsp3) is 0.500. The van der Waals surface area contributed by atoms with Crippen molar-refractivity contribution in [1.29, 1.82) is 0 Å². The minimum atomic E-state index is -3.64.